The van der Waals surface area contributed by atoms with Crippen molar-refractivity contribution in [3.8, 4) is 22.9 Å². The number of phenolic OH excluding ortho intramolecular Hbond substituents is 1. The molecule has 0 bridgehead atoms. The van der Waals surface area contributed by atoms with E-state index in [1.165, 1.54) is 24.9 Å². The molecule has 138 valence electrons. The fraction of sp³-hybridized carbons (Fsp3) is 0.235. The molecular weight excluding hydrogens is 372 g/mol. The molecule has 0 radical (unpaired) electrons. The topological polar surface area (TPSA) is 89.3 Å². The summed E-state index contributed by atoms with van der Waals surface area (Å²) in [5.41, 5.74) is 1.58. The van der Waals surface area contributed by atoms with Crippen molar-refractivity contribution in [2.24, 2.45) is 0 Å². The first-order valence-corrected chi connectivity index (χ1v) is 9.80. The van der Waals surface area contributed by atoms with Gasteiger partial charge >= 0.3 is 0 Å². The molecule has 0 spiro atoms. The van der Waals surface area contributed by atoms with Gasteiger partial charge in [-0.3, -0.25) is 4.79 Å². The number of methoxy groups -OCH3 is 1. The number of aromatic hydroxyl groups is 1. The van der Waals surface area contributed by atoms with Crippen LogP contribution in [0.3, 0.4) is 0 Å². The van der Waals surface area contributed by atoms with Crippen molar-refractivity contribution in [3.63, 3.8) is 0 Å². The Morgan fingerprint density at radius 1 is 1.42 bits per heavy atom. The van der Waals surface area contributed by atoms with Gasteiger partial charge in [-0.2, -0.15) is 11.3 Å². The molecule has 0 saturated heterocycles. The number of phenols is 1. The summed E-state index contributed by atoms with van der Waals surface area (Å²) in [6.07, 6.45) is 0. The second-order valence-electron chi connectivity index (χ2n) is 5.29. The van der Waals surface area contributed by atoms with Crippen LogP contribution in [-0.2, 0) is 11.3 Å². The summed E-state index contributed by atoms with van der Waals surface area (Å²) in [7, 11) is 1.46. The molecule has 26 heavy (non-hydrogen) atoms. The summed E-state index contributed by atoms with van der Waals surface area (Å²) >= 11 is 2.94. The van der Waals surface area contributed by atoms with Crippen LogP contribution < -0.4 is 10.1 Å². The number of thiophene rings is 1. The van der Waals surface area contributed by atoms with Crippen LogP contribution in [0.4, 0.5) is 5.69 Å². The molecule has 0 aliphatic heterocycles. The minimum atomic E-state index is -0.175. The summed E-state index contributed by atoms with van der Waals surface area (Å²) in [4.78, 5) is 12.2. The maximum Gasteiger partial charge on any atom is 0.234 e. The van der Waals surface area contributed by atoms with Crippen LogP contribution in [0, 0.1) is 0 Å². The molecule has 0 fully saturated rings. The van der Waals surface area contributed by atoms with Crippen molar-refractivity contribution in [2.45, 2.75) is 18.6 Å². The first kappa shape index (κ1) is 18.3. The van der Waals surface area contributed by atoms with Crippen LogP contribution in [-0.4, -0.2) is 38.6 Å². The smallest absolute Gasteiger partial charge is 0.234 e. The number of nitrogens with one attached hydrogen (secondary N) is 1. The van der Waals surface area contributed by atoms with Gasteiger partial charge in [0.25, 0.3) is 0 Å². The fourth-order valence-electron chi connectivity index (χ4n) is 2.37. The Morgan fingerprint density at radius 2 is 2.27 bits per heavy atom. The Morgan fingerprint density at radius 3 is 2.96 bits per heavy atom. The molecule has 2 aromatic heterocycles. The van der Waals surface area contributed by atoms with E-state index in [0.29, 0.717) is 16.6 Å². The minimum Gasteiger partial charge on any atom is -0.504 e. The molecule has 1 amide bonds. The number of thioether (sulfide) groups is 1. The van der Waals surface area contributed by atoms with Crippen molar-refractivity contribution in [1.82, 2.24) is 14.8 Å². The molecule has 0 saturated carbocycles. The molecule has 2 N–H and O–H groups in total. The van der Waals surface area contributed by atoms with Crippen molar-refractivity contribution in [3.05, 3.63) is 35.0 Å². The Kier molecular flexibility index (Phi) is 5.79. The average Bonchev–Trinajstić information content (AvgIpc) is 3.30. The number of carbonyl (C=O) groups excluding carboxylic acids is 1. The molecule has 2 heterocycles. The zero-order chi connectivity index (χ0) is 18.5. The van der Waals surface area contributed by atoms with Crippen molar-refractivity contribution < 1.29 is 16.1 Å². The number of hydrogen-bond acceptors (Lipinski definition) is 7. The van der Waals surface area contributed by atoms with Crippen LogP contribution >= 0.6 is 23.1 Å². The average molecular weight is 393 g/mol. The van der Waals surface area contributed by atoms with E-state index in [-0.39, 0.29) is 18.8 Å². The van der Waals surface area contributed by atoms with Gasteiger partial charge < -0.3 is 19.7 Å². The number of carbonyl (C=O) groups is 1. The molecule has 0 unspecified atom stereocenters. The lowest BCUT2D eigenvalue weighted by Gasteiger charge is -2.09. The van der Waals surface area contributed by atoms with Gasteiger partial charge in [0, 0.05) is 30.7 Å². The van der Waals surface area contributed by atoms with Gasteiger partial charge in [0.15, 0.2) is 22.5 Å². The lowest BCUT2D eigenvalue weighted by Crippen LogP contribution is -2.14. The molecule has 0 aliphatic carbocycles. The molecule has 0 aliphatic rings. The van der Waals surface area contributed by atoms with Gasteiger partial charge in [0.2, 0.25) is 5.91 Å². The van der Waals surface area contributed by atoms with Crippen LogP contribution in [0.5, 0.6) is 11.5 Å². The molecule has 0 atom stereocenters. The minimum absolute atomic E-state index is 0. The lowest BCUT2D eigenvalue weighted by atomic mass is 10.3. The van der Waals surface area contributed by atoms with Gasteiger partial charge in [0.05, 0.1) is 12.9 Å². The third-order valence-electron chi connectivity index (χ3n) is 3.61. The van der Waals surface area contributed by atoms with E-state index < -0.39 is 0 Å². The number of amides is 1. The quantitative estimate of drug-likeness (QED) is 0.471. The summed E-state index contributed by atoms with van der Waals surface area (Å²) in [5.74, 6) is 1.16. The number of benzene rings is 1. The molecule has 9 heteroatoms. The van der Waals surface area contributed by atoms with E-state index in [9.17, 15) is 9.90 Å². The van der Waals surface area contributed by atoms with Gasteiger partial charge in [0.1, 0.15) is 0 Å². The van der Waals surface area contributed by atoms with E-state index in [0.717, 1.165) is 17.9 Å². The zero-order valence-corrected chi connectivity index (χ0v) is 15.9. The summed E-state index contributed by atoms with van der Waals surface area (Å²) in [6, 6.07) is 6.66. The second-order valence-corrected chi connectivity index (χ2v) is 7.01. The molecular formula is C17H20N4O3S2. The van der Waals surface area contributed by atoms with Crippen LogP contribution in [0.25, 0.3) is 11.4 Å². The predicted octanol–water partition coefficient (Wildman–Crippen LogP) is 3.72. The van der Waals surface area contributed by atoms with Crippen LogP contribution in [0.2, 0.25) is 0 Å². The van der Waals surface area contributed by atoms with Crippen LogP contribution in [0.1, 0.15) is 8.35 Å². The summed E-state index contributed by atoms with van der Waals surface area (Å²) in [6.45, 7) is 2.74. The Hall–Kier alpha value is -2.52. The summed E-state index contributed by atoms with van der Waals surface area (Å²) in [5, 5.41) is 25.6. The number of ether oxygens (including phenoxy) is 1. The highest BCUT2D eigenvalue weighted by molar-refractivity contribution is 7.99. The van der Waals surface area contributed by atoms with Crippen molar-refractivity contribution in [2.75, 3.05) is 18.2 Å². The van der Waals surface area contributed by atoms with E-state index in [1.54, 1.807) is 23.5 Å². The molecule has 3 rings (SSSR count). The number of hydrogen-bond donors (Lipinski definition) is 2. The number of anilines is 1. The van der Waals surface area contributed by atoms with Gasteiger partial charge in [-0.05, 0) is 30.5 Å². The molecule has 7 nitrogen and oxygen atoms in total. The van der Waals surface area contributed by atoms with Gasteiger partial charge in [-0.15, -0.1) is 10.2 Å². The van der Waals surface area contributed by atoms with E-state index in [2.05, 4.69) is 15.5 Å². The van der Waals surface area contributed by atoms with Crippen LogP contribution in [0.15, 0.2) is 40.2 Å². The number of rotatable bonds is 7. The third kappa shape index (κ3) is 4.00. The third-order valence-corrected chi connectivity index (χ3v) is 5.26. The Balaban J connectivity index is 0.00000261. The highest BCUT2D eigenvalue weighted by atomic mass is 32.2. The predicted molar refractivity (Wildman–Crippen MR) is 105 cm³/mol. The van der Waals surface area contributed by atoms with Crippen molar-refractivity contribution >= 4 is 34.7 Å². The molecule has 1 aromatic carbocycles. The Labute approximate surface area is 160 Å². The first-order valence-electron chi connectivity index (χ1n) is 7.87. The van der Waals surface area contributed by atoms with Crippen molar-refractivity contribution in [1.29, 1.82) is 0 Å². The monoisotopic (exact) mass is 392 g/mol. The highest BCUT2D eigenvalue weighted by Gasteiger charge is 2.15. The maximum absolute atomic E-state index is 12.2. The molecule has 3 aromatic rings. The van der Waals surface area contributed by atoms with E-state index in [1.807, 2.05) is 28.3 Å². The van der Waals surface area contributed by atoms with E-state index >= 15 is 0 Å². The first-order chi connectivity index (χ1) is 12.6. The van der Waals surface area contributed by atoms with Gasteiger partial charge in [-0.1, -0.05) is 11.8 Å². The standard InChI is InChI=1S/C17H18N4O3S2.H2/c1-3-21-16(11-6-7-25-9-11)19-20-17(21)26-10-15(23)18-12-4-5-13(22)14(8-12)24-2;/h4-9,22H,3,10H2,1-2H3,(H,18,23);1H. The lowest BCUT2D eigenvalue weighted by molar-refractivity contribution is -0.113. The SMILES string of the molecule is CCn1c(SCC(=O)Nc2ccc(O)c(OC)c2)nnc1-c1ccsc1.[HH]. The largest absolute Gasteiger partial charge is 0.504 e. The second kappa shape index (κ2) is 8.24. The highest BCUT2D eigenvalue weighted by Crippen LogP contribution is 2.29. The normalized spacial score (nSPS) is 10.7. The Bertz CT molecular complexity index is 900. The number of nitrogens with zero attached hydrogens (tertiary/aromatic N) is 3. The zero-order valence-electron chi connectivity index (χ0n) is 14.3. The van der Waals surface area contributed by atoms with E-state index in [4.69, 9.17) is 4.74 Å². The van der Waals surface area contributed by atoms with Gasteiger partial charge in [-0.25, -0.2) is 0 Å². The maximum atomic E-state index is 12.2. The summed E-state index contributed by atoms with van der Waals surface area (Å²) < 4.78 is 7.03. The number of aromatic nitrogens is 3. The fourth-order valence-corrected chi connectivity index (χ4v) is 3.80.